The molecular formula is C12H24N2OS. The summed E-state index contributed by atoms with van der Waals surface area (Å²) in [7, 11) is 0. The lowest BCUT2D eigenvalue weighted by Crippen LogP contribution is -2.40. The van der Waals surface area contributed by atoms with Gasteiger partial charge in [0.15, 0.2) is 0 Å². The number of amides is 1. The van der Waals surface area contributed by atoms with E-state index < -0.39 is 0 Å². The number of carbonyl (C=O) groups excluding carboxylic acids is 1. The summed E-state index contributed by atoms with van der Waals surface area (Å²) in [5.41, 5.74) is 0. The van der Waals surface area contributed by atoms with E-state index in [2.05, 4.69) is 31.4 Å². The minimum absolute atomic E-state index is 0.111. The van der Waals surface area contributed by atoms with Gasteiger partial charge in [-0.05, 0) is 31.4 Å². The summed E-state index contributed by atoms with van der Waals surface area (Å²) in [6, 6.07) is 0. The van der Waals surface area contributed by atoms with Gasteiger partial charge in [0.05, 0.1) is 6.54 Å². The minimum Gasteiger partial charge on any atom is -0.355 e. The third-order valence-electron chi connectivity index (χ3n) is 2.79. The van der Waals surface area contributed by atoms with E-state index in [9.17, 15) is 4.79 Å². The van der Waals surface area contributed by atoms with E-state index in [1.807, 2.05) is 11.8 Å². The molecule has 2 N–H and O–H groups in total. The number of thioether (sulfide) groups is 1. The van der Waals surface area contributed by atoms with Gasteiger partial charge in [-0.1, -0.05) is 13.8 Å². The average molecular weight is 244 g/mol. The van der Waals surface area contributed by atoms with E-state index in [1.165, 1.54) is 18.6 Å². The van der Waals surface area contributed by atoms with Crippen LogP contribution in [0, 0.1) is 5.92 Å². The van der Waals surface area contributed by atoms with Crippen LogP contribution in [0.15, 0.2) is 0 Å². The van der Waals surface area contributed by atoms with Gasteiger partial charge >= 0.3 is 0 Å². The van der Waals surface area contributed by atoms with Crippen molar-refractivity contribution in [3.05, 3.63) is 0 Å². The molecule has 1 saturated heterocycles. The Bertz CT molecular complexity index is 225. The Morgan fingerprint density at radius 3 is 2.81 bits per heavy atom. The van der Waals surface area contributed by atoms with Crippen LogP contribution in [0.4, 0.5) is 0 Å². The first-order valence-electron chi connectivity index (χ1n) is 6.13. The molecule has 4 heteroatoms. The number of nitrogens with one attached hydrogen (secondary N) is 2. The van der Waals surface area contributed by atoms with Crippen LogP contribution in [0.1, 0.15) is 33.6 Å². The first kappa shape index (κ1) is 13.8. The van der Waals surface area contributed by atoms with E-state index in [1.54, 1.807) is 0 Å². The van der Waals surface area contributed by atoms with Gasteiger partial charge in [0.1, 0.15) is 0 Å². The number of hydrogen-bond donors (Lipinski definition) is 2. The third-order valence-corrected chi connectivity index (χ3v) is 4.33. The van der Waals surface area contributed by atoms with Crippen molar-refractivity contribution in [2.45, 2.75) is 38.4 Å². The predicted molar refractivity (Wildman–Crippen MR) is 70.8 cm³/mol. The smallest absolute Gasteiger partial charge is 0.233 e. The monoisotopic (exact) mass is 244 g/mol. The van der Waals surface area contributed by atoms with E-state index in [4.69, 9.17) is 0 Å². The van der Waals surface area contributed by atoms with Crippen molar-refractivity contribution in [1.82, 2.24) is 10.6 Å². The second-order valence-corrected chi connectivity index (χ2v) is 6.89. The predicted octanol–water partition coefficient (Wildman–Crippen LogP) is 1.63. The fourth-order valence-corrected chi connectivity index (χ4v) is 3.07. The van der Waals surface area contributed by atoms with E-state index in [0.717, 1.165) is 13.1 Å². The maximum Gasteiger partial charge on any atom is 0.233 e. The Balaban J connectivity index is 2.08. The van der Waals surface area contributed by atoms with Crippen LogP contribution < -0.4 is 10.6 Å². The normalized spacial score (nSPS) is 25.0. The lowest BCUT2D eigenvalue weighted by molar-refractivity contribution is -0.120. The number of hydrogen-bond acceptors (Lipinski definition) is 3. The van der Waals surface area contributed by atoms with Crippen LogP contribution in [0.2, 0.25) is 0 Å². The molecule has 0 spiro atoms. The second-order valence-electron chi connectivity index (χ2n) is 5.20. The Labute approximate surface area is 103 Å². The molecule has 0 bridgehead atoms. The topological polar surface area (TPSA) is 41.1 Å². The van der Waals surface area contributed by atoms with Crippen molar-refractivity contribution in [3.63, 3.8) is 0 Å². The molecule has 0 aromatic rings. The lowest BCUT2D eigenvalue weighted by Gasteiger charge is -2.22. The molecule has 0 aromatic carbocycles. The van der Waals surface area contributed by atoms with Gasteiger partial charge in [-0.3, -0.25) is 4.79 Å². The van der Waals surface area contributed by atoms with E-state index in [-0.39, 0.29) is 5.91 Å². The van der Waals surface area contributed by atoms with Gasteiger partial charge in [-0.2, -0.15) is 11.8 Å². The molecule has 0 radical (unpaired) electrons. The van der Waals surface area contributed by atoms with Crippen LogP contribution in [-0.2, 0) is 4.79 Å². The van der Waals surface area contributed by atoms with E-state index in [0.29, 0.717) is 17.2 Å². The summed E-state index contributed by atoms with van der Waals surface area (Å²) in [6.07, 6.45) is 2.57. The first-order valence-corrected chi connectivity index (χ1v) is 7.12. The molecule has 1 aliphatic heterocycles. The van der Waals surface area contributed by atoms with Gasteiger partial charge < -0.3 is 10.6 Å². The highest BCUT2D eigenvalue weighted by molar-refractivity contribution is 8.00. The summed E-state index contributed by atoms with van der Waals surface area (Å²) in [5, 5.41) is 6.17. The van der Waals surface area contributed by atoms with Crippen molar-refractivity contribution in [3.8, 4) is 0 Å². The Kier molecular flexibility index (Phi) is 5.62. The highest BCUT2D eigenvalue weighted by atomic mass is 32.2. The molecule has 16 heavy (non-hydrogen) atoms. The molecule has 1 rings (SSSR count). The summed E-state index contributed by atoms with van der Waals surface area (Å²) >= 11 is 2.02. The Hall–Kier alpha value is -0.220. The van der Waals surface area contributed by atoms with E-state index >= 15 is 0 Å². The molecule has 1 heterocycles. The highest BCUT2D eigenvalue weighted by Gasteiger charge is 2.28. The Morgan fingerprint density at radius 2 is 2.25 bits per heavy atom. The SMILES string of the molecule is CC(C)CNC(=O)CNCC1(C)CCCS1. The summed E-state index contributed by atoms with van der Waals surface area (Å²) in [5.74, 6) is 1.89. The van der Waals surface area contributed by atoms with Gasteiger partial charge in [-0.25, -0.2) is 0 Å². The van der Waals surface area contributed by atoms with Crippen LogP contribution in [0.25, 0.3) is 0 Å². The molecule has 0 aromatic heterocycles. The molecule has 1 unspecified atom stereocenters. The average Bonchev–Trinajstić information content (AvgIpc) is 2.62. The van der Waals surface area contributed by atoms with Crippen LogP contribution in [0.3, 0.4) is 0 Å². The molecular weight excluding hydrogens is 220 g/mol. The standard InChI is InChI=1S/C12H24N2OS/c1-10(2)7-14-11(15)8-13-9-12(3)5-4-6-16-12/h10,13H,4-9H2,1-3H3,(H,14,15). The zero-order valence-corrected chi connectivity index (χ0v) is 11.5. The highest BCUT2D eigenvalue weighted by Crippen LogP contribution is 2.36. The van der Waals surface area contributed by atoms with Gasteiger partial charge in [0.2, 0.25) is 5.91 Å². The maximum absolute atomic E-state index is 11.4. The molecule has 94 valence electrons. The first-order chi connectivity index (χ1) is 7.52. The second kappa shape index (κ2) is 6.50. The zero-order valence-electron chi connectivity index (χ0n) is 10.6. The minimum atomic E-state index is 0.111. The zero-order chi connectivity index (χ0) is 12.0. The van der Waals surface area contributed by atoms with Crippen LogP contribution >= 0.6 is 11.8 Å². The van der Waals surface area contributed by atoms with Gasteiger partial charge in [0.25, 0.3) is 0 Å². The summed E-state index contributed by atoms with van der Waals surface area (Å²) < 4.78 is 0.346. The number of rotatable bonds is 6. The molecule has 1 aliphatic rings. The lowest BCUT2D eigenvalue weighted by atomic mass is 10.1. The van der Waals surface area contributed by atoms with Crippen molar-refractivity contribution < 1.29 is 4.79 Å². The molecule has 0 saturated carbocycles. The van der Waals surface area contributed by atoms with Crippen LogP contribution in [0.5, 0.6) is 0 Å². The van der Waals surface area contributed by atoms with Crippen molar-refractivity contribution in [2.24, 2.45) is 5.92 Å². The van der Waals surface area contributed by atoms with Crippen molar-refractivity contribution >= 4 is 17.7 Å². The molecule has 1 atom stereocenters. The third kappa shape index (κ3) is 5.21. The molecule has 1 amide bonds. The van der Waals surface area contributed by atoms with Crippen LogP contribution in [-0.4, -0.2) is 36.0 Å². The van der Waals surface area contributed by atoms with Gasteiger partial charge in [-0.15, -0.1) is 0 Å². The molecule has 0 aliphatic carbocycles. The summed E-state index contributed by atoms with van der Waals surface area (Å²) in [6.45, 7) is 8.64. The quantitative estimate of drug-likeness (QED) is 0.746. The fraction of sp³-hybridized carbons (Fsp3) is 0.917. The van der Waals surface area contributed by atoms with Crippen molar-refractivity contribution in [2.75, 3.05) is 25.4 Å². The molecule has 3 nitrogen and oxygen atoms in total. The fourth-order valence-electron chi connectivity index (χ4n) is 1.80. The van der Waals surface area contributed by atoms with Gasteiger partial charge in [0, 0.05) is 17.8 Å². The Morgan fingerprint density at radius 1 is 1.50 bits per heavy atom. The largest absolute Gasteiger partial charge is 0.355 e. The molecule has 1 fully saturated rings. The summed E-state index contributed by atoms with van der Waals surface area (Å²) in [4.78, 5) is 11.4. The number of carbonyl (C=O) groups is 1. The maximum atomic E-state index is 11.4. The van der Waals surface area contributed by atoms with Crippen molar-refractivity contribution in [1.29, 1.82) is 0 Å².